The van der Waals surface area contributed by atoms with E-state index in [0.717, 1.165) is 6.07 Å². The van der Waals surface area contributed by atoms with Gasteiger partial charge in [0.1, 0.15) is 17.8 Å². The first-order chi connectivity index (χ1) is 13.4. The Bertz CT molecular complexity index is 1160. The van der Waals surface area contributed by atoms with Gasteiger partial charge >= 0.3 is 0 Å². The van der Waals surface area contributed by atoms with Crippen LogP contribution in [0.4, 0.5) is 4.39 Å². The average molecular weight is 404 g/mol. The number of fused-ring (bicyclic) bond motifs is 1. The summed E-state index contributed by atoms with van der Waals surface area (Å²) in [6.07, 6.45) is 2.41. The fourth-order valence-electron chi connectivity index (χ4n) is 3.39. The number of aromatic nitrogens is 3. The first kappa shape index (κ1) is 18.5. The Morgan fingerprint density at radius 2 is 2.11 bits per heavy atom. The van der Waals surface area contributed by atoms with Gasteiger partial charge in [-0.05, 0) is 24.3 Å². The first-order valence-electron chi connectivity index (χ1n) is 8.49. The molecule has 1 aliphatic rings. The summed E-state index contributed by atoms with van der Waals surface area (Å²) in [5.41, 5.74) is 1.56. The van der Waals surface area contributed by atoms with Crippen molar-refractivity contribution in [2.45, 2.75) is 12.1 Å². The van der Waals surface area contributed by atoms with Crippen LogP contribution < -0.4 is 5.32 Å². The second-order valence-electron chi connectivity index (χ2n) is 6.62. The van der Waals surface area contributed by atoms with Crippen molar-refractivity contribution in [1.82, 2.24) is 20.3 Å². The van der Waals surface area contributed by atoms with Crippen molar-refractivity contribution in [3.63, 3.8) is 0 Å². The van der Waals surface area contributed by atoms with Crippen molar-refractivity contribution in [2.75, 3.05) is 18.6 Å². The number of ether oxygens (including phenoxy) is 1. The summed E-state index contributed by atoms with van der Waals surface area (Å²) in [5, 5.41) is 3.34. The highest BCUT2D eigenvalue weighted by molar-refractivity contribution is 7.91. The smallest absolute Gasteiger partial charge is 0.251 e. The summed E-state index contributed by atoms with van der Waals surface area (Å²) in [7, 11) is -1.90. The van der Waals surface area contributed by atoms with E-state index in [9.17, 15) is 17.6 Å². The van der Waals surface area contributed by atoms with E-state index >= 15 is 0 Å². The second-order valence-corrected chi connectivity index (χ2v) is 8.78. The number of methoxy groups -OCH3 is 1. The van der Waals surface area contributed by atoms with Gasteiger partial charge in [-0.25, -0.2) is 22.8 Å². The molecule has 10 heteroatoms. The molecule has 2 aromatic heterocycles. The molecule has 1 aliphatic heterocycles. The largest absolute Gasteiger partial charge is 0.378 e. The van der Waals surface area contributed by atoms with Crippen LogP contribution in [0.2, 0.25) is 0 Å². The molecule has 4 rings (SSSR count). The number of halogens is 1. The van der Waals surface area contributed by atoms with Crippen molar-refractivity contribution in [3.8, 4) is 11.3 Å². The standard InChI is InChI=1S/C18H17FN4O4S/c1-27-15-8-28(25,26)7-14(15)23-18(24)11-4-10(5-12(19)6-11)16-13-2-3-20-17(13)22-9-21-16/h2-6,9,14-15H,7-8H2,1H3,(H,23,24)(H,20,21,22)/t14-,15-/m1/s1. The molecule has 1 saturated heterocycles. The zero-order valence-electron chi connectivity index (χ0n) is 14.8. The number of nitrogens with zero attached hydrogens (tertiary/aromatic N) is 2. The van der Waals surface area contributed by atoms with Gasteiger partial charge in [0, 0.05) is 29.8 Å². The number of amides is 1. The molecule has 2 atom stereocenters. The normalized spacial score (nSPS) is 21.1. The lowest BCUT2D eigenvalue weighted by Gasteiger charge is -2.18. The van der Waals surface area contributed by atoms with Gasteiger partial charge in [-0.2, -0.15) is 0 Å². The fourth-order valence-corrected chi connectivity index (χ4v) is 5.24. The van der Waals surface area contributed by atoms with Gasteiger partial charge in [0.05, 0.1) is 29.3 Å². The highest BCUT2D eigenvalue weighted by Gasteiger charge is 2.38. The maximum Gasteiger partial charge on any atom is 0.251 e. The van der Waals surface area contributed by atoms with E-state index in [1.165, 1.54) is 25.6 Å². The Hall–Kier alpha value is -2.85. The third-order valence-corrected chi connectivity index (χ3v) is 6.41. The molecule has 0 radical (unpaired) electrons. The van der Waals surface area contributed by atoms with Crippen molar-refractivity contribution in [2.24, 2.45) is 0 Å². The summed E-state index contributed by atoms with van der Waals surface area (Å²) in [6.45, 7) is 0. The fraction of sp³-hybridized carbons (Fsp3) is 0.278. The minimum absolute atomic E-state index is 0.0662. The predicted octanol–water partition coefficient (Wildman–Crippen LogP) is 1.31. The van der Waals surface area contributed by atoms with E-state index in [1.807, 2.05) is 0 Å². The third kappa shape index (κ3) is 3.48. The molecule has 3 aromatic rings. The van der Waals surface area contributed by atoms with Gasteiger partial charge in [0.2, 0.25) is 0 Å². The van der Waals surface area contributed by atoms with Gasteiger partial charge < -0.3 is 15.0 Å². The van der Waals surface area contributed by atoms with Crippen LogP contribution in [0, 0.1) is 5.82 Å². The molecular weight excluding hydrogens is 387 g/mol. The zero-order valence-corrected chi connectivity index (χ0v) is 15.7. The van der Waals surface area contributed by atoms with Gasteiger partial charge in [0.25, 0.3) is 5.91 Å². The number of nitrogens with one attached hydrogen (secondary N) is 2. The van der Waals surface area contributed by atoms with Crippen LogP contribution in [0.15, 0.2) is 36.8 Å². The predicted molar refractivity (Wildman–Crippen MR) is 100.0 cm³/mol. The number of sulfone groups is 1. The first-order valence-corrected chi connectivity index (χ1v) is 10.3. The molecule has 0 unspecified atom stereocenters. The molecule has 1 aromatic carbocycles. The van der Waals surface area contributed by atoms with Gasteiger partial charge in [-0.15, -0.1) is 0 Å². The Kier molecular flexibility index (Phi) is 4.60. The molecule has 1 amide bonds. The topological polar surface area (TPSA) is 114 Å². The summed E-state index contributed by atoms with van der Waals surface area (Å²) in [6, 6.07) is 4.97. The maximum absolute atomic E-state index is 14.2. The summed E-state index contributed by atoms with van der Waals surface area (Å²) in [4.78, 5) is 23.9. The maximum atomic E-state index is 14.2. The minimum Gasteiger partial charge on any atom is -0.378 e. The molecule has 0 spiro atoms. The van der Waals surface area contributed by atoms with E-state index in [1.54, 1.807) is 12.3 Å². The molecule has 0 saturated carbocycles. The second kappa shape index (κ2) is 6.95. The van der Waals surface area contributed by atoms with E-state index in [4.69, 9.17) is 4.74 Å². The van der Waals surface area contributed by atoms with E-state index in [-0.39, 0.29) is 17.1 Å². The van der Waals surface area contributed by atoms with Crippen molar-refractivity contribution >= 4 is 26.8 Å². The molecule has 3 heterocycles. The Labute approximate surface area is 160 Å². The monoisotopic (exact) mass is 404 g/mol. The lowest BCUT2D eigenvalue weighted by molar-refractivity contribution is 0.0786. The van der Waals surface area contributed by atoms with Crippen LogP contribution in [0.1, 0.15) is 10.4 Å². The number of H-pyrrole nitrogens is 1. The van der Waals surface area contributed by atoms with Crippen LogP contribution in [0.25, 0.3) is 22.3 Å². The SMILES string of the molecule is CO[C@@H]1CS(=O)(=O)C[C@H]1NC(=O)c1cc(F)cc(-c2ncnc3[nH]ccc23)c1. The zero-order chi connectivity index (χ0) is 19.9. The lowest BCUT2D eigenvalue weighted by Crippen LogP contribution is -2.43. The average Bonchev–Trinajstić information content (AvgIpc) is 3.24. The molecule has 8 nitrogen and oxygen atoms in total. The van der Waals surface area contributed by atoms with Crippen LogP contribution in [-0.2, 0) is 14.6 Å². The lowest BCUT2D eigenvalue weighted by atomic mass is 10.0. The molecule has 0 aliphatic carbocycles. The van der Waals surface area contributed by atoms with Crippen molar-refractivity contribution < 1.29 is 22.3 Å². The Morgan fingerprint density at radius 3 is 2.89 bits per heavy atom. The van der Waals surface area contributed by atoms with E-state index in [2.05, 4.69) is 20.3 Å². The van der Waals surface area contributed by atoms with Crippen molar-refractivity contribution in [3.05, 3.63) is 48.2 Å². The molecular formula is C18H17FN4O4S. The quantitative estimate of drug-likeness (QED) is 0.678. The van der Waals surface area contributed by atoms with E-state index in [0.29, 0.717) is 22.3 Å². The number of hydrogen-bond acceptors (Lipinski definition) is 6. The highest BCUT2D eigenvalue weighted by atomic mass is 32.2. The molecule has 146 valence electrons. The van der Waals surface area contributed by atoms with Gasteiger partial charge in [-0.1, -0.05) is 0 Å². The van der Waals surface area contributed by atoms with Crippen LogP contribution in [0.5, 0.6) is 0 Å². The van der Waals surface area contributed by atoms with Crippen LogP contribution in [0.3, 0.4) is 0 Å². The number of carbonyl (C=O) groups is 1. The Balaban J connectivity index is 1.66. The van der Waals surface area contributed by atoms with Crippen molar-refractivity contribution in [1.29, 1.82) is 0 Å². The summed E-state index contributed by atoms with van der Waals surface area (Å²) in [5.74, 6) is -1.55. The number of aromatic amines is 1. The van der Waals surface area contributed by atoms with Gasteiger partial charge in [0.15, 0.2) is 9.84 Å². The third-order valence-electron chi connectivity index (χ3n) is 4.71. The number of carbonyl (C=O) groups excluding carboxylic acids is 1. The number of hydrogen-bond donors (Lipinski definition) is 2. The number of benzene rings is 1. The van der Waals surface area contributed by atoms with E-state index < -0.39 is 33.7 Å². The molecule has 2 N–H and O–H groups in total. The van der Waals surface area contributed by atoms with Gasteiger partial charge in [-0.3, -0.25) is 4.79 Å². The summed E-state index contributed by atoms with van der Waals surface area (Å²) >= 11 is 0. The van der Waals surface area contributed by atoms with Crippen LogP contribution >= 0.6 is 0 Å². The van der Waals surface area contributed by atoms with Crippen LogP contribution in [-0.4, -0.2) is 60.0 Å². The Morgan fingerprint density at radius 1 is 1.29 bits per heavy atom. The molecule has 28 heavy (non-hydrogen) atoms. The molecule has 0 bridgehead atoms. The minimum atomic E-state index is -3.30. The highest BCUT2D eigenvalue weighted by Crippen LogP contribution is 2.26. The molecule has 1 fully saturated rings. The summed E-state index contributed by atoms with van der Waals surface area (Å²) < 4.78 is 43.0. The number of rotatable bonds is 4.